The van der Waals surface area contributed by atoms with E-state index in [0.29, 0.717) is 11.4 Å². The van der Waals surface area contributed by atoms with Gasteiger partial charge < -0.3 is 10.2 Å². The first-order valence-corrected chi connectivity index (χ1v) is 8.61. The molecule has 0 aliphatic carbocycles. The van der Waals surface area contributed by atoms with E-state index in [1.807, 2.05) is 12.3 Å². The number of amides is 1. The second kappa shape index (κ2) is 7.57. The molecule has 1 aliphatic heterocycles. The largest absolute Gasteiger partial charge is 0.348 e. The second-order valence-electron chi connectivity index (χ2n) is 6.74. The third-order valence-corrected chi connectivity index (χ3v) is 4.40. The van der Waals surface area contributed by atoms with Crippen LogP contribution < -0.4 is 5.32 Å². The molecule has 0 aromatic carbocycles. The minimum atomic E-state index is -0.0768. The Hall–Kier alpha value is -2.21. The van der Waals surface area contributed by atoms with Gasteiger partial charge in [0.15, 0.2) is 5.82 Å². The highest BCUT2D eigenvalue weighted by Crippen LogP contribution is 2.15. The summed E-state index contributed by atoms with van der Waals surface area (Å²) >= 11 is 0. The van der Waals surface area contributed by atoms with Crippen molar-refractivity contribution in [2.24, 2.45) is 5.92 Å². The molecule has 128 valence electrons. The van der Waals surface area contributed by atoms with E-state index < -0.39 is 0 Å². The molecule has 0 radical (unpaired) electrons. The Morgan fingerprint density at radius 3 is 3.00 bits per heavy atom. The molecule has 1 saturated heterocycles. The number of hydrogen-bond donors (Lipinski definition) is 1. The highest BCUT2D eigenvalue weighted by atomic mass is 16.1. The minimum absolute atomic E-state index is 0.0768. The van der Waals surface area contributed by atoms with Crippen molar-refractivity contribution in [3.63, 3.8) is 0 Å². The molecule has 24 heavy (non-hydrogen) atoms. The number of likely N-dealkylation sites (tertiary alicyclic amines) is 1. The average Bonchev–Trinajstić information content (AvgIpc) is 3.09. The Morgan fingerprint density at radius 1 is 1.46 bits per heavy atom. The molecule has 1 aliphatic rings. The van der Waals surface area contributed by atoms with Gasteiger partial charge in [-0.25, -0.2) is 9.67 Å². The maximum atomic E-state index is 12.4. The number of aromatic nitrogens is 3. The fourth-order valence-corrected chi connectivity index (χ4v) is 3.25. The fourth-order valence-electron chi connectivity index (χ4n) is 3.25. The molecule has 1 N–H and O–H groups in total. The van der Waals surface area contributed by atoms with Gasteiger partial charge in [-0.3, -0.25) is 4.79 Å². The monoisotopic (exact) mass is 327 g/mol. The van der Waals surface area contributed by atoms with Gasteiger partial charge in [0.2, 0.25) is 0 Å². The Balaban J connectivity index is 1.54. The van der Waals surface area contributed by atoms with Crippen LogP contribution in [0, 0.1) is 5.92 Å². The van der Waals surface area contributed by atoms with Crippen LogP contribution in [-0.2, 0) is 0 Å². The van der Waals surface area contributed by atoms with E-state index >= 15 is 0 Å². The smallest absolute Gasteiger partial charge is 0.253 e. The second-order valence-corrected chi connectivity index (χ2v) is 6.74. The number of hydrogen-bond acceptors (Lipinski definition) is 4. The summed E-state index contributed by atoms with van der Waals surface area (Å²) in [5.41, 5.74) is 0.574. The highest BCUT2D eigenvalue weighted by molar-refractivity contribution is 5.94. The summed E-state index contributed by atoms with van der Waals surface area (Å²) in [6, 6.07) is 5.55. The Kier molecular flexibility index (Phi) is 5.25. The van der Waals surface area contributed by atoms with Crippen molar-refractivity contribution in [2.45, 2.75) is 32.7 Å². The maximum Gasteiger partial charge on any atom is 0.253 e. The van der Waals surface area contributed by atoms with E-state index in [1.165, 1.54) is 12.8 Å². The van der Waals surface area contributed by atoms with Crippen LogP contribution in [0.5, 0.6) is 0 Å². The van der Waals surface area contributed by atoms with Crippen LogP contribution in [-0.4, -0.2) is 51.2 Å². The minimum Gasteiger partial charge on any atom is -0.348 e. The van der Waals surface area contributed by atoms with Gasteiger partial charge in [0.1, 0.15) is 0 Å². The van der Waals surface area contributed by atoms with Crippen molar-refractivity contribution in [3.05, 3.63) is 42.4 Å². The number of carbonyl (C=O) groups is 1. The average molecular weight is 327 g/mol. The number of rotatable bonds is 5. The van der Waals surface area contributed by atoms with Crippen LogP contribution in [0.15, 0.2) is 36.8 Å². The summed E-state index contributed by atoms with van der Waals surface area (Å²) in [4.78, 5) is 19.1. The first-order chi connectivity index (χ1) is 11.6. The zero-order chi connectivity index (χ0) is 16.9. The molecule has 3 heterocycles. The summed E-state index contributed by atoms with van der Waals surface area (Å²) in [6.07, 6.45) is 7.68. The van der Waals surface area contributed by atoms with E-state index in [4.69, 9.17) is 0 Å². The summed E-state index contributed by atoms with van der Waals surface area (Å²) in [7, 11) is 0. The third-order valence-electron chi connectivity index (χ3n) is 4.40. The van der Waals surface area contributed by atoms with Crippen molar-refractivity contribution in [3.8, 4) is 5.82 Å². The van der Waals surface area contributed by atoms with Crippen LogP contribution in [0.2, 0.25) is 0 Å². The van der Waals surface area contributed by atoms with E-state index in [0.717, 1.165) is 25.6 Å². The van der Waals surface area contributed by atoms with Crippen LogP contribution in [0.4, 0.5) is 0 Å². The van der Waals surface area contributed by atoms with Crippen LogP contribution in [0.1, 0.15) is 37.0 Å². The highest BCUT2D eigenvalue weighted by Gasteiger charge is 2.19. The Labute approximate surface area is 142 Å². The first-order valence-electron chi connectivity index (χ1n) is 8.61. The predicted octanol–water partition coefficient (Wildman–Crippen LogP) is 2.12. The molecular weight excluding hydrogens is 302 g/mol. The normalized spacial score (nSPS) is 19.8. The molecule has 6 nitrogen and oxygen atoms in total. The summed E-state index contributed by atoms with van der Waals surface area (Å²) < 4.78 is 1.67. The van der Waals surface area contributed by atoms with Crippen LogP contribution in [0.3, 0.4) is 0 Å². The van der Waals surface area contributed by atoms with Crippen LogP contribution in [0.25, 0.3) is 5.82 Å². The number of nitrogens with zero attached hydrogens (tertiary/aromatic N) is 4. The lowest BCUT2D eigenvalue weighted by Crippen LogP contribution is -2.45. The molecule has 6 heteroatoms. The van der Waals surface area contributed by atoms with E-state index in [2.05, 4.69) is 34.1 Å². The quantitative estimate of drug-likeness (QED) is 0.914. The van der Waals surface area contributed by atoms with E-state index in [9.17, 15) is 4.79 Å². The zero-order valence-corrected chi connectivity index (χ0v) is 14.4. The van der Waals surface area contributed by atoms with Gasteiger partial charge in [-0.05, 0) is 50.4 Å². The van der Waals surface area contributed by atoms with Gasteiger partial charge >= 0.3 is 0 Å². The van der Waals surface area contributed by atoms with Crippen molar-refractivity contribution in [1.82, 2.24) is 25.0 Å². The van der Waals surface area contributed by atoms with Crippen molar-refractivity contribution < 1.29 is 4.79 Å². The van der Waals surface area contributed by atoms with Gasteiger partial charge in [-0.15, -0.1) is 0 Å². The van der Waals surface area contributed by atoms with Crippen LogP contribution >= 0.6 is 0 Å². The number of nitrogens with one attached hydrogen (secondary N) is 1. The number of piperidine rings is 1. The lowest BCUT2D eigenvalue weighted by molar-refractivity contribution is 0.0919. The van der Waals surface area contributed by atoms with Gasteiger partial charge in [-0.1, -0.05) is 6.92 Å². The first kappa shape index (κ1) is 16.6. The van der Waals surface area contributed by atoms with Gasteiger partial charge in [-0.2, -0.15) is 5.10 Å². The lowest BCUT2D eigenvalue weighted by atomic mass is 10.00. The molecule has 1 amide bonds. The molecule has 0 unspecified atom stereocenters. The zero-order valence-electron chi connectivity index (χ0n) is 14.4. The third kappa shape index (κ3) is 4.20. The molecule has 2 aromatic heterocycles. The standard InChI is InChI=1S/C18H25N5O/c1-14-5-3-9-22(12-14)13-15(2)21-18(24)16-6-7-17(19-11-16)23-10-4-8-20-23/h4,6-8,10-11,14-15H,3,5,9,12-13H2,1-2H3,(H,21,24)/t14-,15-/m0/s1. The Morgan fingerprint density at radius 2 is 2.33 bits per heavy atom. The SMILES string of the molecule is C[C@H]1CCCN(C[C@H](C)NC(=O)c2ccc(-n3cccn3)nc2)C1. The summed E-state index contributed by atoms with van der Waals surface area (Å²) in [5.74, 6) is 1.37. The lowest BCUT2D eigenvalue weighted by Gasteiger charge is -2.32. The summed E-state index contributed by atoms with van der Waals surface area (Å²) in [6.45, 7) is 7.50. The molecular formula is C18H25N5O. The number of carbonyl (C=O) groups excluding carboxylic acids is 1. The number of pyridine rings is 1. The molecule has 2 atom stereocenters. The molecule has 0 bridgehead atoms. The van der Waals surface area contributed by atoms with Crippen molar-refractivity contribution in [1.29, 1.82) is 0 Å². The van der Waals surface area contributed by atoms with Gasteiger partial charge in [0, 0.05) is 37.7 Å². The molecule has 0 spiro atoms. The fraction of sp³-hybridized carbons (Fsp3) is 0.500. The van der Waals surface area contributed by atoms with E-state index in [1.54, 1.807) is 29.2 Å². The van der Waals surface area contributed by atoms with Gasteiger partial charge in [0.05, 0.1) is 5.56 Å². The maximum absolute atomic E-state index is 12.4. The van der Waals surface area contributed by atoms with Gasteiger partial charge in [0.25, 0.3) is 5.91 Å². The van der Waals surface area contributed by atoms with Crippen molar-refractivity contribution >= 4 is 5.91 Å². The topological polar surface area (TPSA) is 63.1 Å². The molecule has 1 fully saturated rings. The van der Waals surface area contributed by atoms with E-state index in [-0.39, 0.29) is 11.9 Å². The molecule has 3 rings (SSSR count). The summed E-state index contributed by atoms with van der Waals surface area (Å²) in [5, 5.41) is 7.20. The predicted molar refractivity (Wildman–Crippen MR) is 93.1 cm³/mol. The molecule has 0 saturated carbocycles. The van der Waals surface area contributed by atoms with Crippen molar-refractivity contribution in [2.75, 3.05) is 19.6 Å². The molecule has 2 aromatic rings. The Bertz CT molecular complexity index is 653.